The SMILES string of the molecule is COc1cccc(Cn2cc3c(-c4ccc(F)cc4)nnc-3c3cc4c(cc32)OCO4)c1. The number of hydrogen-bond donors (Lipinski definition) is 0. The average molecular weight is 427 g/mol. The van der Waals surface area contributed by atoms with Crippen molar-refractivity contribution in [1.82, 2.24) is 14.8 Å². The Kier molecular flexibility index (Phi) is 4.21. The summed E-state index contributed by atoms with van der Waals surface area (Å²) in [7, 11) is 1.66. The lowest BCUT2D eigenvalue weighted by molar-refractivity contribution is 0.174. The van der Waals surface area contributed by atoms with E-state index in [1.807, 2.05) is 36.5 Å². The Hall–Kier alpha value is -4.13. The van der Waals surface area contributed by atoms with Crippen molar-refractivity contribution in [2.24, 2.45) is 0 Å². The number of benzene rings is 3. The predicted molar refractivity (Wildman–Crippen MR) is 118 cm³/mol. The van der Waals surface area contributed by atoms with Gasteiger partial charge < -0.3 is 18.8 Å². The Morgan fingerprint density at radius 1 is 0.969 bits per heavy atom. The minimum absolute atomic E-state index is 0.193. The molecule has 0 aliphatic carbocycles. The molecule has 7 heteroatoms. The number of pyridine rings is 1. The van der Waals surface area contributed by atoms with E-state index in [4.69, 9.17) is 14.2 Å². The lowest BCUT2D eigenvalue weighted by atomic mass is 10.0. The summed E-state index contributed by atoms with van der Waals surface area (Å²) < 4.78 is 32.2. The second kappa shape index (κ2) is 7.23. The van der Waals surface area contributed by atoms with Crippen molar-refractivity contribution >= 4 is 10.9 Å². The molecule has 0 unspecified atom stereocenters. The van der Waals surface area contributed by atoms with E-state index >= 15 is 0 Å². The first kappa shape index (κ1) is 18.6. The van der Waals surface area contributed by atoms with Crippen LogP contribution in [0.3, 0.4) is 0 Å². The van der Waals surface area contributed by atoms with Gasteiger partial charge in [0.25, 0.3) is 0 Å². The highest BCUT2D eigenvalue weighted by molar-refractivity contribution is 5.99. The summed E-state index contributed by atoms with van der Waals surface area (Å²) in [4.78, 5) is 0. The molecule has 0 bridgehead atoms. The highest BCUT2D eigenvalue weighted by atomic mass is 19.1. The van der Waals surface area contributed by atoms with Crippen LogP contribution >= 0.6 is 0 Å². The average Bonchev–Trinajstić information content (AvgIpc) is 3.45. The highest BCUT2D eigenvalue weighted by Gasteiger charge is 2.24. The molecule has 0 N–H and O–H groups in total. The fourth-order valence-electron chi connectivity index (χ4n) is 4.14. The van der Waals surface area contributed by atoms with Gasteiger partial charge in [-0.25, -0.2) is 4.39 Å². The van der Waals surface area contributed by atoms with Crippen LogP contribution in [0.4, 0.5) is 4.39 Å². The summed E-state index contributed by atoms with van der Waals surface area (Å²) in [6.07, 6.45) is 2.04. The molecule has 0 aromatic heterocycles. The molecule has 3 aliphatic heterocycles. The number of rotatable bonds is 4. The van der Waals surface area contributed by atoms with Crippen LogP contribution in [-0.2, 0) is 6.54 Å². The van der Waals surface area contributed by atoms with Crippen LogP contribution < -0.4 is 14.2 Å². The Balaban J connectivity index is 1.58. The molecule has 0 saturated heterocycles. The molecule has 158 valence electrons. The summed E-state index contributed by atoms with van der Waals surface area (Å²) in [5.41, 5.74) is 5.20. The zero-order valence-electron chi connectivity index (χ0n) is 17.2. The molecule has 32 heavy (non-hydrogen) atoms. The van der Waals surface area contributed by atoms with Gasteiger partial charge in [0, 0.05) is 35.3 Å². The van der Waals surface area contributed by atoms with Gasteiger partial charge in [0.15, 0.2) is 11.5 Å². The van der Waals surface area contributed by atoms with Crippen molar-refractivity contribution in [1.29, 1.82) is 0 Å². The molecule has 3 aliphatic rings. The van der Waals surface area contributed by atoms with Crippen LogP contribution in [0.5, 0.6) is 17.2 Å². The van der Waals surface area contributed by atoms with Gasteiger partial charge >= 0.3 is 0 Å². The number of aromatic nitrogens is 3. The fourth-order valence-corrected chi connectivity index (χ4v) is 4.14. The minimum atomic E-state index is -0.288. The summed E-state index contributed by atoms with van der Waals surface area (Å²) in [5.74, 6) is 1.90. The lowest BCUT2D eigenvalue weighted by Gasteiger charge is -2.16. The lowest BCUT2D eigenvalue weighted by Crippen LogP contribution is -2.04. The van der Waals surface area contributed by atoms with Gasteiger partial charge in [0.2, 0.25) is 6.79 Å². The van der Waals surface area contributed by atoms with Gasteiger partial charge in [-0.2, -0.15) is 0 Å². The zero-order chi connectivity index (χ0) is 21.7. The van der Waals surface area contributed by atoms with E-state index in [9.17, 15) is 4.39 Å². The number of methoxy groups -OCH3 is 1. The van der Waals surface area contributed by atoms with E-state index in [1.54, 1.807) is 19.2 Å². The Morgan fingerprint density at radius 3 is 2.56 bits per heavy atom. The van der Waals surface area contributed by atoms with Crippen LogP contribution in [0.2, 0.25) is 0 Å². The molecular weight excluding hydrogens is 409 g/mol. The van der Waals surface area contributed by atoms with E-state index in [0.717, 1.165) is 39.0 Å². The fraction of sp³-hybridized carbons (Fsp3) is 0.120. The van der Waals surface area contributed by atoms with Gasteiger partial charge in [0.1, 0.15) is 23.0 Å². The van der Waals surface area contributed by atoms with E-state index in [0.29, 0.717) is 23.7 Å². The summed E-state index contributed by atoms with van der Waals surface area (Å²) in [6.45, 7) is 0.801. The van der Waals surface area contributed by atoms with Crippen LogP contribution in [-0.4, -0.2) is 28.7 Å². The Morgan fingerprint density at radius 2 is 1.75 bits per heavy atom. The Bertz CT molecular complexity index is 1430. The molecule has 3 heterocycles. The molecule has 0 radical (unpaired) electrons. The summed E-state index contributed by atoms with van der Waals surface area (Å²) in [6, 6.07) is 18.2. The standard InChI is InChI=1S/C25H18FN3O3/c1-30-18-4-2-3-15(9-18)12-29-13-20-24(16-5-7-17(26)8-6-16)27-28-25(20)19-10-22-23(11-21(19)29)32-14-31-22/h2-11,13H,12,14H2,1H3. The van der Waals surface area contributed by atoms with Gasteiger partial charge in [-0.3, -0.25) is 0 Å². The maximum Gasteiger partial charge on any atom is 0.231 e. The maximum atomic E-state index is 13.5. The van der Waals surface area contributed by atoms with Crippen molar-refractivity contribution in [3.8, 4) is 39.8 Å². The minimum Gasteiger partial charge on any atom is -0.497 e. The van der Waals surface area contributed by atoms with E-state index in [2.05, 4.69) is 20.8 Å². The van der Waals surface area contributed by atoms with Gasteiger partial charge in [-0.05, 0) is 48.0 Å². The largest absolute Gasteiger partial charge is 0.497 e. The molecule has 3 aromatic carbocycles. The summed E-state index contributed by atoms with van der Waals surface area (Å²) in [5, 5.41) is 9.82. The van der Waals surface area contributed by atoms with Gasteiger partial charge in [-0.1, -0.05) is 12.1 Å². The highest BCUT2D eigenvalue weighted by Crippen LogP contribution is 2.42. The summed E-state index contributed by atoms with van der Waals surface area (Å²) >= 11 is 0. The molecule has 0 amide bonds. The van der Waals surface area contributed by atoms with E-state index in [-0.39, 0.29) is 12.6 Å². The van der Waals surface area contributed by atoms with Crippen LogP contribution in [0.1, 0.15) is 5.56 Å². The second-order valence-electron chi connectivity index (χ2n) is 7.65. The number of ether oxygens (including phenoxy) is 3. The second-order valence-corrected chi connectivity index (χ2v) is 7.65. The molecule has 0 spiro atoms. The maximum absolute atomic E-state index is 13.5. The molecule has 0 fully saturated rings. The first-order chi connectivity index (χ1) is 15.7. The normalized spacial score (nSPS) is 12.6. The van der Waals surface area contributed by atoms with Crippen molar-refractivity contribution in [3.05, 3.63) is 78.2 Å². The molecule has 6 nitrogen and oxygen atoms in total. The topological polar surface area (TPSA) is 58.4 Å². The van der Waals surface area contributed by atoms with E-state index < -0.39 is 0 Å². The quantitative estimate of drug-likeness (QED) is 0.398. The van der Waals surface area contributed by atoms with Crippen molar-refractivity contribution < 1.29 is 18.6 Å². The molecule has 3 aromatic rings. The number of halogens is 1. The zero-order valence-corrected chi connectivity index (χ0v) is 17.2. The first-order valence-electron chi connectivity index (χ1n) is 10.2. The van der Waals surface area contributed by atoms with Crippen molar-refractivity contribution in [2.75, 3.05) is 13.9 Å². The van der Waals surface area contributed by atoms with Crippen molar-refractivity contribution in [3.63, 3.8) is 0 Å². The van der Waals surface area contributed by atoms with E-state index in [1.165, 1.54) is 12.1 Å². The number of fused-ring (bicyclic) bond motifs is 4. The van der Waals surface area contributed by atoms with Crippen LogP contribution in [0.25, 0.3) is 33.4 Å². The molecular formula is C25H18FN3O3. The van der Waals surface area contributed by atoms with Gasteiger partial charge in [0.05, 0.1) is 12.6 Å². The predicted octanol–water partition coefficient (Wildman–Crippen LogP) is 5.13. The number of hydrogen-bond acceptors (Lipinski definition) is 5. The molecule has 0 saturated carbocycles. The molecule has 6 rings (SSSR count). The first-order valence-corrected chi connectivity index (χ1v) is 10.2. The third-order valence-electron chi connectivity index (χ3n) is 5.71. The monoisotopic (exact) mass is 427 g/mol. The number of nitrogens with zero attached hydrogens (tertiary/aromatic N) is 3. The van der Waals surface area contributed by atoms with Gasteiger partial charge in [-0.15, -0.1) is 10.2 Å². The Labute approximate surface area is 183 Å². The molecule has 0 atom stereocenters. The third-order valence-corrected chi connectivity index (χ3v) is 5.71. The van der Waals surface area contributed by atoms with Crippen LogP contribution in [0.15, 0.2) is 66.9 Å². The van der Waals surface area contributed by atoms with Crippen molar-refractivity contribution in [2.45, 2.75) is 6.54 Å². The van der Waals surface area contributed by atoms with Crippen LogP contribution in [0, 0.1) is 5.82 Å². The third kappa shape index (κ3) is 3.01. The smallest absolute Gasteiger partial charge is 0.231 e.